The number of hydrogen-bond acceptors (Lipinski definition) is 1. The average molecular weight is 674 g/mol. The highest BCUT2D eigenvalue weighted by molar-refractivity contribution is 6.11. The summed E-state index contributed by atoms with van der Waals surface area (Å²) in [4.78, 5) is 2.48. The first-order chi connectivity index (χ1) is 26.3. The minimum absolute atomic E-state index is 1.10. The van der Waals surface area contributed by atoms with Gasteiger partial charge in [0.1, 0.15) is 0 Å². The lowest BCUT2D eigenvalue weighted by molar-refractivity contribution is 1.29. The van der Waals surface area contributed by atoms with Gasteiger partial charge in [0.05, 0.1) is 11.4 Å². The summed E-state index contributed by atoms with van der Waals surface area (Å²) in [5.41, 5.74) is 10.5. The number of rotatable bonds is 6. The van der Waals surface area contributed by atoms with Crippen LogP contribution in [0.15, 0.2) is 212 Å². The molecule has 0 atom stereocenters. The summed E-state index contributed by atoms with van der Waals surface area (Å²) in [5, 5.41) is 9.89. The number of para-hydroxylation sites is 1. The second kappa shape index (κ2) is 13.0. The van der Waals surface area contributed by atoms with Gasteiger partial charge in [-0.15, -0.1) is 0 Å². The van der Waals surface area contributed by atoms with E-state index in [0.29, 0.717) is 0 Å². The van der Waals surface area contributed by atoms with E-state index >= 15 is 0 Å². The van der Waals surface area contributed by atoms with E-state index in [2.05, 4.69) is 217 Å². The van der Waals surface area contributed by atoms with Gasteiger partial charge in [-0.2, -0.15) is 0 Å². The third-order valence-corrected chi connectivity index (χ3v) is 10.6. The Bertz CT molecular complexity index is 2950. The summed E-state index contributed by atoms with van der Waals surface area (Å²) in [6.07, 6.45) is 0. The van der Waals surface area contributed by atoms with Crippen molar-refractivity contribution in [2.24, 2.45) is 0 Å². The van der Waals surface area contributed by atoms with Crippen molar-refractivity contribution in [1.29, 1.82) is 0 Å². The lowest BCUT2D eigenvalue weighted by Crippen LogP contribution is -2.13. The molecule has 53 heavy (non-hydrogen) atoms. The van der Waals surface area contributed by atoms with Crippen LogP contribution in [0.4, 0.5) is 17.1 Å². The van der Waals surface area contributed by atoms with Crippen molar-refractivity contribution in [3.05, 3.63) is 212 Å². The molecule has 0 amide bonds. The molecule has 0 aliphatic heterocycles. The van der Waals surface area contributed by atoms with E-state index in [4.69, 9.17) is 0 Å². The molecule has 10 aromatic rings. The largest absolute Gasteiger partial charge is 0.309 e. The highest BCUT2D eigenvalue weighted by atomic mass is 15.1. The highest BCUT2D eigenvalue weighted by Gasteiger charge is 2.24. The van der Waals surface area contributed by atoms with Crippen LogP contribution >= 0.6 is 0 Å². The Balaban J connectivity index is 1.31. The van der Waals surface area contributed by atoms with Gasteiger partial charge in [-0.05, 0) is 95.7 Å². The van der Waals surface area contributed by atoms with Crippen LogP contribution in [0.2, 0.25) is 0 Å². The molecule has 248 valence electrons. The fourth-order valence-corrected chi connectivity index (χ4v) is 8.13. The maximum absolute atomic E-state index is 2.48. The SMILES string of the molecule is c1ccc(-c2ccccc2N(c2ccc3c(ccc4ccccc43)c2)c2cccc(-c3ccc4ccccc4c3)c2-c2cccc3ccccc23)cc1. The average Bonchev–Trinajstić information content (AvgIpc) is 3.24. The van der Waals surface area contributed by atoms with Crippen LogP contribution in [-0.2, 0) is 0 Å². The molecule has 1 heteroatoms. The highest BCUT2D eigenvalue weighted by Crippen LogP contribution is 2.49. The number of hydrogen-bond donors (Lipinski definition) is 0. The van der Waals surface area contributed by atoms with Crippen LogP contribution in [0.5, 0.6) is 0 Å². The Morgan fingerprint density at radius 3 is 1.70 bits per heavy atom. The number of benzene rings is 10. The number of nitrogens with zero attached hydrogens (tertiary/aromatic N) is 1. The van der Waals surface area contributed by atoms with Gasteiger partial charge in [0.25, 0.3) is 0 Å². The number of fused-ring (bicyclic) bond motifs is 5. The maximum atomic E-state index is 2.48. The maximum Gasteiger partial charge on any atom is 0.0546 e. The van der Waals surface area contributed by atoms with Gasteiger partial charge in [0.2, 0.25) is 0 Å². The molecule has 0 unspecified atom stereocenters. The van der Waals surface area contributed by atoms with Crippen molar-refractivity contribution in [2.45, 2.75) is 0 Å². The van der Waals surface area contributed by atoms with E-state index in [1.54, 1.807) is 0 Å². The summed E-state index contributed by atoms with van der Waals surface area (Å²) < 4.78 is 0. The van der Waals surface area contributed by atoms with E-state index in [1.807, 2.05) is 0 Å². The van der Waals surface area contributed by atoms with Crippen LogP contribution in [0, 0.1) is 0 Å². The topological polar surface area (TPSA) is 3.24 Å². The van der Waals surface area contributed by atoms with E-state index in [0.717, 1.165) is 17.1 Å². The van der Waals surface area contributed by atoms with E-state index in [-0.39, 0.29) is 0 Å². The lowest BCUT2D eigenvalue weighted by atomic mass is 9.88. The van der Waals surface area contributed by atoms with Gasteiger partial charge in [-0.25, -0.2) is 0 Å². The first kappa shape index (κ1) is 30.8. The summed E-state index contributed by atoms with van der Waals surface area (Å²) in [6, 6.07) is 77.5. The first-order valence-electron chi connectivity index (χ1n) is 18.3. The Hall–Kier alpha value is -6.96. The Kier molecular flexibility index (Phi) is 7.55. The van der Waals surface area contributed by atoms with Gasteiger partial charge >= 0.3 is 0 Å². The van der Waals surface area contributed by atoms with Gasteiger partial charge in [0, 0.05) is 16.8 Å². The molecule has 10 rings (SSSR count). The summed E-state index contributed by atoms with van der Waals surface area (Å²) in [7, 11) is 0. The van der Waals surface area contributed by atoms with E-state index in [1.165, 1.54) is 76.5 Å². The molecule has 0 spiro atoms. The van der Waals surface area contributed by atoms with Crippen LogP contribution in [0.3, 0.4) is 0 Å². The molecule has 0 aliphatic rings. The fraction of sp³-hybridized carbons (Fsp3) is 0. The van der Waals surface area contributed by atoms with Crippen molar-refractivity contribution in [3.8, 4) is 33.4 Å². The molecule has 0 N–H and O–H groups in total. The zero-order valence-corrected chi connectivity index (χ0v) is 29.2. The van der Waals surface area contributed by atoms with Gasteiger partial charge in [0.15, 0.2) is 0 Å². The Morgan fingerprint density at radius 1 is 0.264 bits per heavy atom. The Labute approximate surface area is 309 Å². The molecule has 0 saturated carbocycles. The third kappa shape index (κ3) is 5.42. The monoisotopic (exact) mass is 673 g/mol. The molecular formula is C52H35N. The summed E-state index contributed by atoms with van der Waals surface area (Å²) >= 11 is 0. The molecule has 10 aromatic carbocycles. The van der Waals surface area contributed by atoms with Gasteiger partial charge < -0.3 is 4.90 Å². The zero-order valence-electron chi connectivity index (χ0n) is 29.2. The second-order valence-electron chi connectivity index (χ2n) is 13.7. The molecular weight excluding hydrogens is 639 g/mol. The molecule has 0 saturated heterocycles. The lowest BCUT2D eigenvalue weighted by Gasteiger charge is -2.31. The van der Waals surface area contributed by atoms with Crippen molar-refractivity contribution in [2.75, 3.05) is 4.90 Å². The van der Waals surface area contributed by atoms with Crippen molar-refractivity contribution in [1.82, 2.24) is 0 Å². The molecule has 0 bridgehead atoms. The second-order valence-corrected chi connectivity index (χ2v) is 13.7. The van der Waals surface area contributed by atoms with Crippen molar-refractivity contribution < 1.29 is 0 Å². The molecule has 0 aromatic heterocycles. The van der Waals surface area contributed by atoms with E-state index < -0.39 is 0 Å². The first-order valence-corrected chi connectivity index (χ1v) is 18.3. The molecule has 0 aliphatic carbocycles. The third-order valence-electron chi connectivity index (χ3n) is 10.6. The number of anilines is 3. The normalized spacial score (nSPS) is 11.4. The summed E-state index contributed by atoms with van der Waals surface area (Å²) in [5.74, 6) is 0. The Morgan fingerprint density at radius 2 is 0.830 bits per heavy atom. The van der Waals surface area contributed by atoms with E-state index in [9.17, 15) is 0 Å². The van der Waals surface area contributed by atoms with Gasteiger partial charge in [-0.3, -0.25) is 0 Å². The van der Waals surface area contributed by atoms with Crippen LogP contribution in [-0.4, -0.2) is 0 Å². The van der Waals surface area contributed by atoms with Crippen molar-refractivity contribution in [3.63, 3.8) is 0 Å². The molecule has 0 fully saturated rings. The van der Waals surface area contributed by atoms with Crippen LogP contribution in [0.25, 0.3) is 76.5 Å². The zero-order chi connectivity index (χ0) is 35.1. The molecule has 0 heterocycles. The molecule has 1 nitrogen and oxygen atoms in total. The standard InChI is InChI=1S/C52H35N/c1-2-15-38(16-3-1)47-23-10-11-26-50(47)53(43-32-33-46-42(35-43)31-29-39-18-7-8-21-44(39)46)51-27-13-24-48(41-30-28-36-14-4-5-19-40(36)34-41)52(51)49-25-12-20-37-17-6-9-22-45(37)49/h1-35H. The smallest absolute Gasteiger partial charge is 0.0546 e. The molecule has 0 radical (unpaired) electrons. The minimum Gasteiger partial charge on any atom is -0.309 e. The van der Waals surface area contributed by atoms with Gasteiger partial charge in [-0.1, -0.05) is 182 Å². The van der Waals surface area contributed by atoms with Crippen LogP contribution in [0.1, 0.15) is 0 Å². The van der Waals surface area contributed by atoms with Crippen LogP contribution < -0.4 is 4.90 Å². The quantitative estimate of drug-likeness (QED) is 0.159. The minimum atomic E-state index is 1.10. The fourth-order valence-electron chi connectivity index (χ4n) is 8.13. The predicted octanol–water partition coefficient (Wildman–Crippen LogP) is 14.8. The van der Waals surface area contributed by atoms with Crippen molar-refractivity contribution >= 4 is 60.2 Å². The predicted molar refractivity (Wildman–Crippen MR) is 227 cm³/mol. The summed E-state index contributed by atoms with van der Waals surface area (Å²) in [6.45, 7) is 0.